The highest BCUT2D eigenvalue weighted by atomic mass is 16.4. The van der Waals surface area contributed by atoms with Gasteiger partial charge < -0.3 is 5.11 Å². The maximum atomic E-state index is 11.2. The summed E-state index contributed by atoms with van der Waals surface area (Å²) in [6.45, 7) is 3.78. The smallest absolute Gasteiger partial charge is 0.339 e. The summed E-state index contributed by atoms with van der Waals surface area (Å²) in [6.07, 6.45) is 7.82. The molecule has 0 radical (unpaired) electrons. The first kappa shape index (κ1) is 14.1. The van der Waals surface area contributed by atoms with E-state index in [9.17, 15) is 9.90 Å². The number of nitrogens with zero attached hydrogens (tertiary/aromatic N) is 3. The fourth-order valence-corrected chi connectivity index (χ4v) is 2.97. The third-order valence-electron chi connectivity index (χ3n) is 4.14. The molecular formula is C14H23N3O2. The van der Waals surface area contributed by atoms with Crippen LogP contribution < -0.4 is 0 Å². The van der Waals surface area contributed by atoms with E-state index in [2.05, 4.69) is 16.9 Å². The lowest BCUT2D eigenvalue weighted by Gasteiger charge is -2.33. The zero-order valence-corrected chi connectivity index (χ0v) is 11.8. The number of rotatable bonds is 5. The van der Waals surface area contributed by atoms with Crippen molar-refractivity contribution >= 4 is 5.97 Å². The second-order valence-electron chi connectivity index (χ2n) is 5.29. The van der Waals surface area contributed by atoms with E-state index in [1.165, 1.54) is 38.3 Å². The second kappa shape index (κ2) is 6.19. The molecule has 1 aliphatic carbocycles. The van der Waals surface area contributed by atoms with E-state index >= 15 is 0 Å². The van der Waals surface area contributed by atoms with Crippen molar-refractivity contribution in [2.45, 2.75) is 51.6 Å². The number of carboxylic acids is 1. The summed E-state index contributed by atoms with van der Waals surface area (Å²) < 4.78 is 1.69. The van der Waals surface area contributed by atoms with Crippen molar-refractivity contribution in [2.75, 3.05) is 6.54 Å². The van der Waals surface area contributed by atoms with E-state index in [4.69, 9.17) is 0 Å². The molecule has 0 atom stereocenters. The van der Waals surface area contributed by atoms with Crippen molar-refractivity contribution in [3.8, 4) is 0 Å². The summed E-state index contributed by atoms with van der Waals surface area (Å²) in [6, 6.07) is 0.593. The molecule has 1 aromatic heterocycles. The van der Waals surface area contributed by atoms with E-state index < -0.39 is 5.97 Å². The third-order valence-corrected chi connectivity index (χ3v) is 4.14. The number of carbonyl (C=O) groups is 1. The molecular weight excluding hydrogens is 242 g/mol. The van der Waals surface area contributed by atoms with Gasteiger partial charge in [0.25, 0.3) is 0 Å². The number of aromatic carboxylic acids is 1. The monoisotopic (exact) mass is 265 g/mol. The zero-order chi connectivity index (χ0) is 13.8. The van der Waals surface area contributed by atoms with Crippen molar-refractivity contribution in [1.29, 1.82) is 0 Å². The maximum absolute atomic E-state index is 11.2. The molecule has 0 spiro atoms. The molecule has 1 heterocycles. The summed E-state index contributed by atoms with van der Waals surface area (Å²) in [4.78, 5) is 13.6. The summed E-state index contributed by atoms with van der Waals surface area (Å²) in [5.74, 6) is -0.886. The minimum absolute atomic E-state index is 0.330. The lowest BCUT2D eigenvalue weighted by molar-refractivity contribution is 0.0692. The molecule has 0 aromatic carbocycles. The topological polar surface area (TPSA) is 58.4 Å². The Hall–Kier alpha value is -1.36. The van der Waals surface area contributed by atoms with E-state index in [0.717, 1.165) is 12.2 Å². The van der Waals surface area contributed by atoms with Gasteiger partial charge in [0.2, 0.25) is 0 Å². The van der Waals surface area contributed by atoms with Crippen LogP contribution in [0, 0.1) is 0 Å². The SMILES string of the molecule is CCN(Cc1c(C(=O)O)cnn1C)C1CCCCC1. The zero-order valence-electron chi connectivity index (χ0n) is 11.8. The molecule has 0 amide bonds. The molecule has 106 valence electrons. The Morgan fingerprint density at radius 1 is 1.47 bits per heavy atom. The Kier molecular flexibility index (Phi) is 4.58. The van der Waals surface area contributed by atoms with Crippen LogP contribution in [0.4, 0.5) is 0 Å². The fraction of sp³-hybridized carbons (Fsp3) is 0.714. The molecule has 1 aromatic rings. The van der Waals surface area contributed by atoms with Crippen LogP contribution in [0.5, 0.6) is 0 Å². The third kappa shape index (κ3) is 3.15. The predicted molar refractivity (Wildman–Crippen MR) is 73.1 cm³/mol. The Labute approximate surface area is 114 Å². The molecule has 5 nitrogen and oxygen atoms in total. The Morgan fingerprint density at radius 2 is 2.16 bits per heavy atom. The highest BCUT2D eigenvalue weighted by molar-refractivity contribution is 5.88. The van der Waals surface area contributed by atoms with E-state index in [1.54, 1.807) is 4.68 Å². The quantitative estimate of drug-likeness (QED) is 0.887. The normalized spacial score (nSPS) is 17.0. The van der Waals surface area contributed by atoms with E-state index in [-0.39, 0.29) is 0 Å². The van der Waals surface area contributed by atoms with Gasteiger partial charge in [-0.25, -0.2) is 4.79 Å². The average molecular weight is 265 g/mol. The molecule has 0 aliphatic heterocycles. The van der Waals surface area contributed by atoms with Crippen LogP contribution in [-0.4, -0.2) is 38.3 Å². The number of carboxylic acid groups (broad SMARTS) is 1. The first-order chi connectivity index (χ1) is 9.13. The van der Waals surface area contributed by atoms with Crippen LogP contribution in [0.1, 0.15) is 55.1 Å². The lowest BCUT2D eigenvalue weighted by atomic mass is 9.94. The standard InChI is InChI=1S/C14H23N3O2/c1-3-17(11-7-5-4-6-8-11)10-13-12(14(18)19)9-15-16(13)2/h9,11H,3-8,10H2,1-2H3,(H,18,19). The molecule has 1 aliphatic rings. The minimum Gasteiger partial charge on any atom is -0.478 e. The van der Waals surface area contributed by atoms with Crippen molar-refractivity contribution in [3.63, 3.8) is 0 Å². The highest BCUT2D eigenvalue weighted by Gasteiger charge is 2.23. The largest absolute Gasteiger partial charge is 0.478 e. The molecule has 0 unspecified atom stereocenters. The summed E-state index contributed by atoms with van der Waals surface area (Å²) in [5.41, 5.74) is 1.14. The molecule has 0 bridgehead atoms. The van der Waals surface area contributed by atoms with Crippen LogP contribution in [-0.2, 0) is 13.6 Å². The van der Waals surface area contributed by atoms with Gasteiger partial charge in [-0.15, -0.1) is 0 Å². The van der Waals surface area contributed by atoms with Gasteiger partial charge in [-0.05, 0) is 19.4 Å². The van der Waals surface area contributed by atoms with Crippen LogP contribution >= 0.6 is 0 Å². The van der Waals surface area contributed by atoms with Crippen LogP contribution in [0.15, 0.2) is 6.20 Å². The van der Waals surface area contributed by atoms with E-state index in [1.807, 2.05) is 7.05 Å². The highest BCUT2D eigenvalue weighted by Crippen LogP contribution is 2.24. The number of aryl methyl sites for hydroxylation is 1. The molecule has 1 saturated carbocycles. The predicted octanol–water partition coefficient (Wildman–Crippen LogP) is 2.27. The molecule has 19 heavy (non-hydrogen) atoms. The average Bonchev–Trinajstić information content (AvgIpc) is 2.78. The fourth-order valence-electron chi connectivity index (χ4n) is 2.97. The van der Waals surface area contributed by atoms with Gasteiger partial charge >= 0.3 is 5.97 Å². The van der Waals surface area contributed by atoms with Gasteiger partial charge in [-0.3, -0.25) is 9.58 Å². The molecule has 5 heteroatoms. The molecule has 0 saturated heterocycles. The van der Waals surface area contributed by atoms with E-state index in [0.29, 0.717) is 18.2 Å². The summed E-state index contributed by atoms with van der Waals surface area (Å²) in [7, 11) is 1.82. The van der Waals surface area contributed by atoms with Gasteiger partial charge in [-0.2, -0.15) is 5.10 Å². The van der Waals surface area contributed by atoms with Crippen molar-refractivity contribution in [2.24, 2.45) is 7.05 Å². The first-order valence-corrected chi connectivity index (χ1v) is 7.11. The second-order valence-corrected chi connectivity index (χ2v) is 5.29. The molecule has 1 fully saturated rings. The van der Waals surface area contributed by atoms with Crippen LogP contribution in [0.3, 0.4) is 0 Å². The van der Waals surface area contributed by atoms with Gasteiger partial charge in [0.05, 0.1) is 11.9 Å². The van der Waals surface area contributed by atoms with Crippen LogP contribution in [0.2, 0.25) is 0 Å². The van der Waals surface area contributed by atoms with Gasteiger partial charge in [0.15, 0.2) is 0 Å². The lowest BCUT2D eigenvalue weighted by Crippen LogP contribution is -2.37. The molecule has 2 rings (SSSR count). The summed E-state index contributed by atoms with van der Waals surface area (Å²) in [5, 5.41) is 13.3. The summed E-state index contributed by atoms with van der Waals surface area (Å²) >= 11 is 0. The minimum atomic E-state index is -0.886. The van der Waals surface area contributed by atoms with Crippen LogP contribution in [0.25, 0.3) is 0 Å². The Bertz CT molecular complexity index is 436. The Morgan fingerprint density at radius 3 is 2.74 bits per heavy atom. The number of aromatic nitrogens is 2. The maximum Gasteiger partial charge on any atom is 0.339 e. The van der Waals surface area contributed by atoms with Gasteiger partial charge in [-0.1, -0.05) is 26.2 Å². The molecule has 1 N–H and O–H groups in total. The van der Waals surface area contributed by atoms with Gasteiger partial charge in [0, 0.05) is 19.6 Å². The number of hydrogen-bond donors (Lipinski definition) is 1. The number of hydrogen-bond acceptors (Lipinski definition) is 3. The van der Waals surface area contributed by atoms with Crippen molar-refractivity contribution in [1.82, 2.24) is 14.7 Å². The van der Waals surface area contributed by atoms with Crippen molar-refractivity contribution in [3.05, 3.63) is 17.5 Å². The Balaban J connectivity index is 2.13. The first-order valence-electron chi connectivity index (χ1n) is 7.11. The van der Waals surface area contributed by atoms with Crippen molar-refractivity contribution < 1.29 is 9.90 Å². The van der Waals surface area contributed by atoms with Gasteiger partial charge in [0.1, 0.15) is 5.56 Å².